The number of likely N-dealkylation sites (tertiary alicyclic amines) is 1. The van der Waals surface area contributed by atoms with Crippen molar-refractivity contribution in [2.45, 2.75) is 12.0 Å². The molecule has 186 valence electrons. The molecule has 0 radical (unpaired) electrons. The summed E-state index contributed by atoms with van der Waals surface area (Å²) in [5.74, 6) is -1.19. The van der Waals surface area contributed by atoms with Crippen LogP contribution in [0.25, 0.3) is 33.6 Å². The third kappa shape index (κ3) is 3.62. The Morgan fingerprint density at radius 3 is 2.72 bits per heavy atom. The molecule has 6 rings (SSSR count). The summed E-state index contributed by atoms with van der Waals surface area (Å²) in [6, 6.07) is 8.73. The van der Waals surface area contributed by atoms with E-state index in [1.165, 1.54) is 31.4 Å². The van der Waals surface area contributed by atoms with E-state index in [9.17, 15) is 13.6 Å². The molecular formula is C25H22F2N4O5. The molecule has 1 spiro atoms. The number of aromatic amines is 1. The highest BCUT2D eigenvalue weighted by Gasteiger charge is 2.53. The van der Waals surface area contributed by atoms with Gasteiger partial charge in [-0.15, -0.1) is 0 Å². The van der Waals surface area contributed by atoms with E-state index in [0.29, 0.717) is 54.2 Å². The molecule has 36 heavy (non-hydrogen) atoms. The highest BCUT2D eigenvalue weighted by molar-refractivity contribution is 5.96. The van der Waals surface area contributed by atoms with Crippen molar-refractivity contribution in [3.05, 3.63) is 53.6 Å². The lowest BCUT2D eigenvalue weighted by molar-refractivity contribution is -0.172. The maximum absolute atomic E-state index is 14.9. The maximum atomic E-state index is 14.9. The quantitative estimate of drug-likeness (QED) is 0.388. The molecule has 9 nitrogen and oxygen atoms in total. The third-order valence-corrected chi connectivity index (χ3v) is 6.76. The zero-order chi connectivity index (χ0) is 24.9. The van der Waals surface area contributed by atoms with Gasteiger partial charge in [-0.3, -0.25) is 9.89 Å². The highest BCUT2D eigenvalue weighted by Crippen LogP contribution is 2.39. The summed E-state index contributed by atoms with van der Waals surface area (Å²) in [6.45, 7) is 2.12. The van der Waals surface area contributed by atoms with E-state index < -0.39 is 11.6 Å². The lowest BCUT2D eigenvalue weighted by Crippen LogP contribution is -2.72. The van der Waals surface area contributed by atoms with Crippen LogP contribution in [-0.4, -0.2) is 71.8 Å². The summed E-state index contributed by atoms with van der Waals surface area (Å²) >= 11 is 0. The van der Waals surface area contributed by atoms with E-state index in [1.54, 1.807) is 17.0 Å². The Morgan fingerprint density at radius 2 is 2.03 bits per heavy atom. The van der Waals surface area contributed by atoms with Gasteiger partial charge in [0.05, 0.1) is 36.4 Å². The molecule has 0 unspecified atom stereocenters. The van der Waals surface area contributed by atoms with Gasteiger partial charge < -0.3 is 23.6 Å². The van der Waals surface area contributed by atoms with Crippen molar-refractivity contribution >= 4 is 16.8 Å². The molecule has 2 aliphatic heterocycles. The number of nitrogens with zero attached hydrogens (tertiary/aromatic N) is 3. The van der Waals surface area contributed by atoms with E-state index in [4.69, 9.17) is 18.7 Å². The molecule has 0 saturated carbocycles. The highest BCUT2D eigenvalue weighted by atomic mass is 19.1. The lowest BCUT2D eigenvalue weighted by atomic mass is 9.82. The maximum Gasteiger partial charge on any atom is 0.257 e. The number of amides is 1. The lowest BCUT2D eigenvalue weighted by Gasteiger charge is -2.57. The van der Waals surface area contributed by atoms with Crippen molar-refractivity contribution in [3.63, 3.8) is 0 Å². The molecule has 2 aliphatic rings. The van der Waals surface area contributed by atoms with Crippen LogP contribution in [0.15, 0.2) is 40.9 Å². The molecular weight excluding hydrogens is 474 g/mol. The summed E-state index contributed by atoms with van der Waals surface area (Å²) in [5, 5.41) is 11.6. The fourth-order valence-corrected chi connectivity index (χ4v) is 4.56. The number of hydrogen-bond donors (Lipinski definition) is 1. The normalized spacial score (nSPS) is 16.2. The van der Waals surface area contributed by atoms with Crippen molar-refractivity contribution in [1.29, 1.82) is 0 Å². The molecule has 1 amide bonds. The zero-order valence-electron chi connectivity index (χ0n) is 19.3. The van der Waals surface area contributed by atoms with Crippen LogP contribution in [0.1, 0.15) is 16.8 Å². The van der Waals surface area contributed by atoms with Gasteiger partial charge in [-0.25, -0.2) is 8.78 Å². The first-order valence-electron chi connectivity index (χ1n) is 11.5. The fraction of sp³-hybridized carbons (Fsp3) is 0.320. The minimum Gasteiger partial charge on any atom is -0.488 e. The number of H-pyrrole nitrogens is 1. The minimum absolute atomic E-state index is 0.00531. The number of halogens is 2. The number of rotatable bonds is 7. The largest absolute Gasteiger partial charge is 0.488 e. The van der Waals surface area contributed by atoms with Crippen molar-refractivity contribution in [2.75, 3.05) is 40.1 Å². The number of methoxy groups -OCH3 is 1. The van der Waals surface area contributed by atoms with Crippen molar-refractivity contribution < 1.29 is 32.3 Å². The van der Waals surface area contributed by atoms with Gasteiger partial charge >= 0.3 is 0 Å². The van der Waals surface area contributed by atoms with Gasteiger partial charge in [0.25, 0.3) is 5.91 Å². The first-order chi connectivity index (χ1) is 17.5. The Hall–Kier alpha value is -3.83. The van der Waals surface area contributed by atoms with E-state index >= 15 is 0 Å². The molecule has 11 heteroatoms. The molecule has 4 aromatic rings. The Labute approximate surface area is 203 Å². The third-order valence-electron chi connectivity index (χ3n) is 6.76. The Morgan fingerprint density at radius 1 is 1.17 bits per heavy atom. The summed E-state index contributed by atoms with van der Waals surface area (Å²) in [6.07, 6.45) is 0.869. The van der Waals surface area contributed by atoms with Crippen LogP contribution in [0.5, 0.6) is 5.75 Å². The predicted octanol–water partition coefficient (Wildman–Crippen LogP) is 3.80. The summed E-state index contributed by atoms with van der Waals surface area (Å²) in [5.41, 5.74) is 1.42. The van der Waals surface area contributed by atoms with Gasteiger partial charge in [0.2, 0.25) is 0 Å². The van der Waals surface area contributed by atoms with Crippen LogP contribution >= 0.6 is 0 Å². The molecule has 2 aromatic carbocycles. The molecule has 4 heterocycles. The molecule has 0 bridgehead atoms. The number of ether oxygens (including phenoxy) is 3. The van der Waals surface area contributed by atoms with Crippen LogP contribution in [-0.2, 0) is 9.47 Å². The smallest absolute Gasteiger partial charge is 0.257 e. The number of carbonyl (C=O) groups is 1. The number of nitrogens with one attached hydrogen (secondary N) is 1. The van der Waals surface area contributed by atoms with Crippen molar-refractivity contribution in [3.8, 4) is 28.5 Å². The first kappa shape index (κ1) is 22.6. The second-order valence-electron chi connectivity index (χ2n) is 8.94. The van der Waals surface area contributed by atoms with E-state index in [2.05, 4.69) is 15.4 Å². The minimum atomic E-state index is -0.641. The molecule has 2 fully saturated rings. The Kier molecular flexibility index (Phi) is 5.45. The van der Waals surface area contributed by atoms with Crippen LogP contribution in [0, 0.1) is 11.6 Å². The van der Waals surface area contributed by atoms with E-state index in [-0.39, 0.29) is 35.1 Å². The van der Waals surface area contributed by atoms with Gasteiger partial charge in [0.1, 0.15) is 23.8 Å². The molecule has 1 N–H and O–H groups in total. The Bertz CT molecular complexity index is 1460. The summed E-state index contributed by atoms with van der Waals surface area (Å²) in [4.78, 5) is 14.5. The summed E-state index contributed by atoms with van der Waals surface area (Å²) in [7, 11) is 1.53. The van der Waals surface area contributed by atoms with Crippen LogP contribution in [0.2, 0.25) is 0 Å². The SMILES string of the molecule is COCCOc1cc2[nH]nc(-c3cc(-c4ccc(C(=O)N5CCC56COC6)c(F)c4)no3)c2cc1F. The van der Waals surface area contributed by atoms with Crippen molar-refractivity contribution in [2.24, 2.45) is 0 Å². The topological polar surface area (TPSA) is 103 Å². The first-order valence-corrected chi connectivity index (χ1v) is 11.5. The van der Waals surface area contributed by atoms with Crippen molar-refractivity contribution in [1.82, 2.24) is 20.3 Å². The number of benzene rings is 2. The summed E-state index contributed by atoms with van der Waals surface area (Å²) < 4.78 is 50.5. The average Bonchev–Trinajstić information content (AvgIpc) is 3.44. The Balaban J connectivity index is 1.24. The van der Waals surface area contributed by atoms with Crippen LogP contribution in [0.3, 0.4) is 0 Å². The van der Waals surface area contributed by atoms with Gasteiger partial charge in [-0.1, -0.05) is 11.2 Å². The monoisotopic (exact) mass is 496 g/mol. The standard InChI is InChI=1S/C25H22F2N4O5/c1-33-6-7-35-21-11-20-16(9-18(21)27)23(29-28-20)22-10-19(30-36-22)14-2-3-15(17(26)8-14)24(32)31-5-4-25(31)12-34-13-25/h2-3,8-11H,4-7,12-13H2,1H3,(H,28,29). The number of aromatic nitrogens is 3. The second kappa shape index (κ2) is 8.68. The number of hydrogen-bond acceptors (Lipinski definition) is 7. The van der Waals surface area contributed by atoms with E-state index in [0.717, 1.165) is 6.42 Å². The fourth-order valence-electron chi connectivity index (χ4n) is 4.56. The molecule has 0 aliphatic carbocycles. The van der Waals surface area contributed by atoms with Gasteiger partial charge in [-0.05, 0) is 24.6 Å². The number of carbonyl (C=O) groups excluding carboxylic acids is 1. The molecule has 0 atom stereocenters. The number of fused-ring (bicyclic) bond motifs is 1. The van der Waals surface area contributed by atoms with Crippen LogP contribution in [0.4, 0.5) is 8.78 Å². The molecule has 2 aromatic heterocycles. The second-order valence-corrected chi connectivity index (χ2v) is 8.94. The van der Waals surface area contributed by atoms with Gasteiger partial charge in [-0.2, -0.15) is 5.10 Å². The average molecular weight is 496 g/mol. The van der Waals surface area contributed by atoms with Crippen LogP contribution < -0.4 is 4.74 Å². The predicted molar refractivity (Wildman–Crippen MR) is 124 cm³/mol. The zero-order valence-corrected chi connectivity index (χ0v) is 19.3. The van der Waals surface area contributed by atoms with E-state index in [1.807, 2.05) is 0 Å². The van der Waals surface area contributed by atoms with Gasteiger partial charge in [0.15, 0.2) is 17.3 Å². The van der Waals surface area contributed by atoms with Gasteiger partial charge in [0, 0.05) is 36.7 Å². The molecule has 2 saturated heterocycles.